The number of fused-ring (bicyclic) bond motifs is 2. The summed E-state index contributed by atoms with van der Waals surface area (Å²) < 4.78 is 0. The molecular formula is C12H18N2S. The molecule has 1 aromatic heterocycles. The zero-order valence-corrected chi connectivity index (χ0v) is 9.75. The Morgan fingerprint density at radius 1 is 1.33 bits per heavy atom. The van der Waals surface area contributed by atoms with Gasteiger partial charge in [0, 0.05) is 29.5 Å². The van der Waals surface area contributed by atoms with Crippen molar-refractivity contribution < 1.29 is 0 Å². The number of nitrogens with two attached hydrogens (primary N) is 1. The zero-order valence-electron chi connectivity index (χ0n) is 8.93. The van der Waals surface area contributed by atoms with Crippen molar-refractivity contribution in [2.45, 2.75) is 50.4 Å². The topological polar surface area (TPSA) is 29.3 Å². The van der Waals surface area contributed by atoms with Crippen LogP contribution in [-0.2, 0) is 6.54 Å². The molecule has 2 nitrogen and oxygen atoms in total. The van der Waals surface area contributed by atoms with Crippen molar-refractivity contribution in [2.75, 3.05) is 0 Å². The van der Waals surface area contributed by atoms with Gasteiger partial charge in [-0.2, -0.15) is 0 Å². The largest absolute Gasteiger partial charge is 0.328 e. The molecule has 3 heterocycles. The summed E-state index contributed by atoms with van der Waals surface area (Å²) in [7, 11) is 0. The molecule has 0 aliphatic carbocycles. The van der Waals surface area contributed by atoms with Crippen LogP contribution in [0.3, 0.4) is 0 Å². The first-order valence-corrected chi connectivity index (χ1v) is 6.74. The highest BCUT2D eigenvalue weighted by atomic mass is 32.1. The Hall–Kier alpha value is -0.380. The first-order chi connectivity index (χ1) is 7.33. The van der Waals surface area contributed by atoms with Crippen LogP contribution in [0.5, 0.6) is 0 Å². The van der Waals surface area contributed by atoms with E-state index in [9.17, 15) is 0 Å². The lowest BCUT2D eigenvalue weighted by atomic mass is 9.98. The molecule has 3 rings (SSSR count). The summed E-state index contributed by atoms with van der Waals surface area (Å²) in [5.41, 5.74) is 6.07. The third-order valence-corrected chi connectivity index (χ3v) is 4.70. The number of hydrogen-bond donors (Lipinski definition) is 1. The van der Waals surface area contributed by atoms with E-state index in [0.29, 0.717) is 6.04 Å². The van der Waals surface area contributed by atoms with Gasteiger partial charge in [0.1, 0.15) is 0 Å². The van der Waals surface area contributed by atoms with Crippen molar-refractivity contribution in [3.8, 4) is 0 Å². The predicted molar refractivity (Wildman–Crippen MR) is 63.9 cm³/mol. The summed E-state index contributed by atoms with van der Waals surface area (Å²) in [4.78, 5) is 4.19. The van der Waals surface area contributed by atoms with Crippen LogP contribution in [0, 0.1) is 0 Å². The fourth-order valence-corrected chi connectivity index (χ4v) is 3.87. The summed E-state index contributed by atoms with van der Waals surface area (Å²) in [5.74, 6) is 0. The number of nitrogens with zero attached hydrogens (tertiary/aromatic N) is 1. The minimum Gasteiger partial charge on any atom is -0.328 e. The van der Waals surface area contributed by atoms with Crippen LogP contribution < -0.4 is 5.73 Å². The predicted octanol–water partition coefficient (Wildman–Crippen LogP) is 2.20. The molecular weight excluding hydrogens is 204 g/mol. The van der Waals surface area contributed by atoms with E-state index < -0.39 is 0 Å². The maximum absolute atomic E-state index is 6.07. The molecule has 1 aromatic rings. The molecule has 3 heteroatoms. The number of thiophene rings is 1. The van der Waals surface area contributed by atoms with Crippen molar-refractivity contribution in [2.24, 2.45) is 5.73 Å². The molecule has 0 amide bonds. The molecule has 2 aliphatic rings. The molecule has 82 valence electrons. The monoisotopic (exact) mass is 222 g/mol. The van der Waals surface area contributed by atoms with Crippen LogP contribution >= 0.6 is 11.3 Å². The lowest BCUT2D eigenvalue weighted by Gasteiger charge is -2.37. The van der Waals surface area contributed by atoms with Crippen molar-refractivity contribution in [1.82, 2.24) is 4.90 Å². The minimum absolute atomic E-state index is 0.460. The number of hydrogen-bond acceptors (Lipinski definition) is 3. The van der Waals surface area contributed by atoms with Crippen LogP contribution in [0.1, 0.15) is 30.6 Å². The maximum atomic E-state index is 6.07. The Kier molecular flexibility index (Phi) is 2.54. The van der Waals surface area contributed by atoms with Crippen molar-refractivity contribution >= 4 is 11.3 Å². The summed E-state index contributed by atoms with van der Waals surface area (Å²) in [6.45, 7) is 1.15. The molecule has 0 aromatic carbocycles. The van der Waals surface area contributed by atoms with Gasteiger partial charge in [-0.1, -0.05) is 6.07 Å². The Balaban J connectivity index is 1.72. The zero-order chi connectivity index (χ0) is 10.3. The third-order valence-electron chi connectivity index (χ3n) is 3.84. The molecule has 2 bridgehead atoms. The maximum Gasteiger partial charge on any atom is 0.0333 e. The quantitative estimate of drug-likeness (QED) is 0.831. The van der Waals surface area contributed by atoms with Crippen molar-refractivity contribution in [3.63, 3.8) is 0 Å². The van der Waals surface area contributed by atoms with Crippen molar-refractivity contribution in [1.29, 1.82) is 0 Å². The second kappa shape index (κ2) is 3.89. The minimum atomic E-state index is 0.460. The molecule has 0 spiro atoms. The molecule has 2 unspecified atom stereocenters. The average Bonchev–Trinajstić information content (AvgIpc) is 2.77. The summed E-state index contributed by atoms with van der Waals surface area (Å²) in [5, 5.41) is 2.17. The van der Waals surface area contributed by atoms with E-state index >= 15 is 0 Å². The van der Waals surface area contributed by atoms with E-state index in [1.54, 1.807) is 0 Å². The van der Waals surface area contributed by atoms with Crippen LogP contribution in [0.15, 0.2) is 17.5 Å². The molecule has 15 heavy (non-hydrogen) atoms. The van der Waals surface area contributed by atoms with Crippen LogP contribution in [-0.4, -0.2) is 23.0 Å². The summed E-state index contributed by atoms with van der Waals surface area (Å²) in [6, 6.07) is 6.39. The van der Waals surface area contributed by atoms with Gasteiger partial charge in [0.15, 0.2) is 0 Å². The normalized spacial score (nSPS) is 35.9. The van der Waals surface area contributed by atoms with Gasteiger partial charge < -0.3 is 5.73 Å². The second-order valence-electron chi connectivity index (χ2n) is 4.87. The first-order valence-electron chi connectivity index (χ1n) is 5.86. The molecule has 2 fully saturated rings. The van der Waals surface area contributed by atoms with E-state index in [0.717, 1.165) is 18.6 Å². The van der Waals surface area contributed by atoms with E-state index in [4.69, 9.17) is 5.73 Å². The third kappa shape index (κ3) is 1.84. The fourth-order valence-electron chi connectivity index (χ4n) is 3.16. The molecule has 2 aliphatic heterocycles. The SMILES string of the molecule is NC1CC2CCC(C1)N2Cc1cccs1. The molecule has 0 saturated carbocycles. The molecule has 2 saturated heterocycles. The van der Waals surface area contributed by atoms with Gasteiger partial charge in [-0.3, -0.25) is 4.90 Å². The van der Waals surface area contributed by atoms with Gasteiger partial charge in [-0.25, -0.2) is 0 Å². The van der Waals surface area contributed by atoms with Gasteiger partial charge >= 0.3 is 0 Å². The Labute approximate surface area is 95.1 Å². The van der Waals surface area contributed by atoms with Gasteiger partial charge in [0.05, 0.1) is 0 Å². The van der Waals surface area contributed by atoms with E-state index in [1.807, 2.05) is 11.3 Å². The Morgan fingerprint density at radius 2 is 2.07 bits per heavy atom. The fraction of sp³-hybridized carbons (Fsp3) is 0.667. The molecule has 2 N–H and O–H groups in total. The van der Waals surface area contributed by atoms with E-state index in [-0.39, 0.29) is 0 Å². The second-order valence-corrected chi connectivity index (χ2v) is 5.90. The highest BCUT2D eigenvalue weighted by Gasteiger charge is 2.39. The first kappa shape index (κ1) is 9.82. The highest BCUT2D eigenvalue weighted by molar-refractivity contribution is 7.09. The number of rotatable bonds is 2. The lowest BCUT2D eigenvalue weighted by molar-refractivity contribution is 0.121. The highest BCUT2D eigenvalue weighted by Crippen LogP contribution is 2.36. The van der Waals surface area contributed by atoms with Gasteiger partial charge in [0.25, 0.3) is 0 Å². The smallest absolute Gasteiger partial charge is 0.0333 e. The van der Waals surface area contributed by atoms with Crippen molar-refractivity contribution in [3.05, 3.63) is 22.4 Å². The molecule has 0 radical (unpaired) electrons. The van der Waals surface area contributed by atoms with Crippen LogP contribution in [0.25, 0.3) is 0 Å². The van der Waals surface area contributed by atoms with Gasteiger partial charge in [-0.05, 0) is 37.1 Å². The molecule has 2 atom stereocenters. The van der Waals surface area contributed by atoms with Crippen LogP contribution in [0.4, 0.5) is 0 Å². The van der Waals surface area contributed by atoms with E-state index in [1.165, 1.54) is 30.6 Å². The van der Waals surface area contributed by atoms with Gasteiger partial charge in [0.2, 0.25) is 0 Å². The average molecular weight is 222 g/mol. The van der Waals surface area contributed by atoms with E-state index in [2.05, 4.69) is 22.4 Å². The Morgan fingerprint density at radius 3 is 2.67 bits per heavy atom. The summed E-state index contributed by atoms with van der Waals surface area (Å²) in [6.07, 6.45) is 5.15. The lowest BCUT2D eigenvalue weighted by Crippen LogP contribution is -2.46. The number of piperidine rings is 1. The van der Waals surface area contributed by atoms with Gasteiger partial charge in [-0.15, -0.1) is 11.3 Å². The summed E-state index contributed by atoms with van der Waals surface area (Å²) >= 11 is 1.88. The Bertz CT molecular complexity index is 308. The standard InChI is InChI=1S/C12H18N2S/c13-9-6-10-3-4-11(7-9)14(10)8-12-2-1-5-15-12/h1-2,5,9-11H,3-4,6-8,13H2. The van der Waals surface area contributed by atoms with Crippen LogP contribution in [0.2, 0.25) is 0 Å².